The van der Waals surface area contributed by atoms with E-state index in [2.05, 4.69) is 37.9 Å². The summed E-state index contributed by atoms with van der Waals surface area (Å²) in [5.41, 5.74) is 0.392. The highest BCUT2D eigenvalue weighted by Gasteiger charge is 2.42. The Morgan fingerprint density at radius 3 is 2.50 bits per heavy atom. The van der Waals surface area contributed by atoms with Gasteiger partial charge in [0.1, 0.15) is 0 Å². The zero-order chi connectivity index (χ0) is 14.3. The number of fused-ring (bicyclic) bond motifs is 2. The Hall–Kier alpha value is -0.0800. The van der Waals surface area contributed by atoms with Crippen LogP contribution >= 0.6 is 0 Å². The Morgan fingerprint density at radius 2 is 1.95 bits per heavy atom. The van der Waals surface area contributed by atoms with Crippen molar-refractivity contribution in [2.75, 3.05) is 19.6 Å². The first-order chi connectivity index (χ1) is 9.47. The zero-order valence-corrected chi connectivity index (χ0v) is 14.0. The van der Waals surface area contributed by atoms with E-state index in [1.165, 1.54) is 45.3 Å². The maximum atomic E-state index is 3.77. The van der Waals surface area contributed by atoms with Gasteiger partial charge in [0.05, 0.1) is 0 Å². The van der Waals surface area contributed by atoms with Crippen LogP contribution in [-0.4, -0.2) is 36.6 Å². The largest absolute Gasteiger partial charge is 0.311 e. The van der Waals surface area contributed by atoms with Crippen LogP contribution in [-0.2, 0) is 0 Å². The molecule has 0 amide bonds. The maximum absolute atomic E-state index is 3.77. The first-order valence-electron chi connectivity index (χ1n) is 8.94. The molecule has 2 heteroatoms. The van der Waals surface area contributed by atoms with E-state index in [1.54, 1.807) is 6.42 Å². The fourth-order valence-corrected chi connectivity index (χ4v) is 5.11. The van der Waals surface area contributed by atoms with Crippen LogP contribution in [0, 0.1) is 23.2 Å². The van der Waals surface area contributed by atoms with Crippen LogP contribution < -0.4 is 5.32 Å². The Balaban J connectivity index is 1.66. The van der Waals surface area contributed by atoms with E-state index >= 15 is 0 Å². The summed E-state index contributed by atoms with van der Waals surface area (Å²) in [7, 11) is 0. The van der Waals surface area contributed by atoms with Crippen LogP contribution in [0.3, 0.4) is 0 Å². The van der Waals surface area contributed by atoms with Gasteiger partial charge >= 0.3 is 0 Å². The molecule has 3 fully saturated rings. The minimum absolute atomic E-state index is 0.392. The molecule has 3 aliphatic rings. The summed E-state index contributed by atoms with van der Waals surface area (Å²) in [6.45, 7) is 13.4. The van der Waals surface area contributed by atoms with Gasteiger partial charge in [-0.15, -0.1) is 0 Å². The van der Waals surface area contributed by atoms with E-state index in [1.807, 2.05) is 0 Å². The lowest BCUT2D eigenvalue weighted by Gasteiger charge is -2.48. The molecule has 5 atom stereocenters. The third-order valence-electron chi connectivity index (χ3n) is 6.34. The molecule has 2 bridgehead atoms. The number of nitrogens with one attached hydrogen (secondary N) is 1. The van der Waals surface area contributed by atoms with Crippen molar-refractivity contribution in [3.8, 4) is 0 Å². The first kappa shape index (κ1) is 14.8. The molecule has 1 heterocycles. The molecule has 0 aromatic rings. The molecule has 5 unspecified atom stereocenters. The molecule has 1 aliphatic heterocycles. The fraction of sp³-hybridized carbons (Fsp3) is 1.00. The number of rotatable bonds is 3. The number of hydrogen-bond donors (Lipinski definition) is 1. The van der Waals surface area contributed by atoms with Crippen LogP contribution in [0.25, 0.3) is 0 Å². The standard InChI is InChI=1S/C18H34N2/c1-5-16-12-20(17(10-19-16)18(2,3)4)11-15-9-13-6-7-14(15)8-13/h13-17,19H,5-12H2,1-4H3. The van der Waals surface area contributed by atoms with Crippen molar-refractivity contribution in [3.05, 3.63) is 0 Å². The van der Waals surface area contributed by atoms with Crippen LogP contribution in [0.5, 0.6) is 0 Å². The highest BCUT2D eigenvalue weighted by Crippen LogP contribution is 2.49. The molecular weight excluding hydrogens is 244 g/mol. The molecule has 0 radical (unpaired) electrons. The molecule has 1 saturated heterocycles. The van der Waals surface area contributed by atoms with Gasteiger partial charge in [0.15, 0.2) is 0 Å². The van der Waals surface area contributed by atoms with Crippen LogP contribution in [0.2, 0.25) is 0 Å². The van der Waals surface area contributed by atoms with E-state index in [-0.39, 0.29) is 0 Å². The first-order valence-corrected chi connectivity index (χ1v) is 8.94. The van der Waals surface area contributed by atoms with Crippen LogP contribution in [0.1, 0.15) is 59.8 Å². The molecule has 0 aromatic carbocycles. The van der Waals surface area contributed by atoms with Crippen molar-refractivity contribution in [3.63, 3.8) is 0 Å². The van der Waals surface area contributed by atoms with Gasteiger partial charge in [-0.2, -0.15) is 0 Å². The summed E-state index contributed by atoms with van der Waals surface area (Å²) in [6.07, 6.45) is 7.41. The van der Waals surface area contributed by atoms with Gasteiger partial charge < -0.3 is 5.32 Å². The highest BCUT2D eigenvalue weighted by molar-refractivity contribution is 4.96. The second-order valence-electron chi connectivity index (χ2n) is 8.78. The number of piperazine rings is 1. The highest BCUT2D eigenvalue weighted by atomic mass is 15.2. The van der Waals surface area contributed by atoms with Gasteiger partial charge in [0, 0.05) is 31.7 Å². The lowest BCUT2D eigenvalue weighted by atomic mass is 9.81. The van der Waals surface area contributed by atoms with E-state index in [4.69, 9.17) is 0 Å². The summed E-state index contributed by atoms with van der Waals surface area (Å²) >= 11 is 0. The summed E-state index contributed by atoms with van der Waals surface area (Å²) in [4.78, 5) is 2.86. The lowest BCUT2D eigenvalue weighted by Crippen LogP contribution is -2.61. The Kier molecular flexibility index (Phi) is 4.16. The van der Waals surface area contributed by atoms with E-state index in [9.17, 15) is 0 Å². The Labute approximate surface area is 125 Å². The van der Waals surface area contributed by atoms with Crippen LogP contribution in [0.15, 0.2) is 0 Å². The van der Waals surface area contributed by atoms with Gasteiger partial charge in [0.25, 0.3) is 0 Å². The van der Waals surface area contributed by atoms with Crippen molar-refractivity contribution in [2.45, 2.75) is 71.9 Å². The molecule has 116 valence electrons. The van der Waals surface area contributed by atoms with Gasteiger partial charge in [-0.25, -0.2) is 0 Å². The maximum Gasteiger partial charge on any atom is 0.0269 e. The molecule has 0 spiro atoms. The topological polar surface area (TPSA) is 15.3 Å². The average Bonchev–Trinajstić information content (AvgIpc) is 2.99. The second kappa shape index (κ2) is 5.61. The van der Waals surface area contributed by atoms with Crippen molar-refractivity contribution in [2.24, 2.45) is 23.2 Å². The molecule has 2 saturated carbocycles. The van der Waals surface area contributed by atoms with E-state index < -0.39 is 0 Å². The molecular formula is C18H34N2. The second-order valence-corrected chi connectivity index (χ2v) is 8.78. The predicted octanol–water partition coefficient (Wildman–Crippen LogP) is 3.52. The van der Waals surface area contributed by atoms with Gasteiger partial charge in [-0.05, 0) is 48.9 Å². The van der Waals surface area contributed by atoms with Crippen molar-refractivity contribution < 1.29 is 0 Å². The van der Waals surface area contributed by atoms with E-state index in [0.717, 1.165) is 17.8 Å². The Morgan fingerprint density at radius 1 is 1.15 bits per heavy atom. The number of hydrogen-bond acceptors (Lipinski definition) is 2. The minimum atomic E-state index is 0.392. The predicted molar refractivity (Wildman–Crippen MR) is 85.8 cm³/mol. The molecule has 20 heavy (non-hydrogen) atoms. The molecule has 2 nitrogen and oxygen atoms in total. The van der Waals surface area contributed by atoms with Crippen LogP contribution in [0.4, 0.5) is 0 Å². The normalized spacial score (nSPS) is 42.3. The van der Waals surface area contributed by atoms with Crippen molar-refractivity contribution in [1.82, 2.24) is 10.2 Å². The molecule has 2 aliphatic carbocycles. The fourth-order valence-electron chi connectivity index (χ4n) is 5.11. The summed E-state index contributed by atoms with van der Waals surface area (Å²) in [5.74, 6) is 3.16. The SMILES string of the molecule is CCC1CN(CC2CC3CCC2C3)C(C(C)(C)C)CN1. The molecule has 1 N–H and O–H groups in total. The lowest BCUT2D eigenvalue weighted by molar-refractivity contribution is 0.0344. The quantitative estimate of drug-likeness (QED) is 0.850. The monoisotopic (exact) mass is 278 g/mol. The van der Waals surface area contributed by atoms with E-state index in [0.29, 0.717) is 17.5 Å². The van der Waals surface area contributed by atoms with Gasteiger partial charge in [-0.1, -0.05) is 34.1 Å². The number of nitrogens with zero attached hydrogens (tertiary/aromatic N) is 1. The van der Waals surface area contributed by atoms with Crippen molar-refractivity contribution >= 4 is 0 Å². The zero-order valence-electron chi connectivity index (χ0n) is 14.0. The third-order valence-corrected chi connectivity index (χ3v) is 6.34. The summed E-state index contributed by atoms with van der Waals surface area (Å²) in [6, 6.07) is 1.43. The summed E-state index contributed by atoms with van der Waals surface area (Å²) < 4.78 is 0. The van der Waals surface area contributed by atoms with Gasteiger partial charge in [-0.3, -0.25) is 4.90 Å². The molecule has 0 aromatic heterocycles. The van der Waals surface area contributed by atoms with Crippen molar-refractivity contribution in [1.29, 1.82) is 0 Å². The minimum Gasteiger partial charge on any atom is -0.311 e. The Bertz CT molecular complexity index is 333. The average molecular weight is 278 g/mol. The smallest absolute Gasteiger partial charge is 0.0269 e. The van der Waals surface area contributed by atoms with Gasteiger partial charge in [0.2, 0.25) is 0 Å². The summed E-state index contributed by atoms with van der Waals surface area (Å²) in [5, 5.41) is 3.77. The molecule has 3 rings (SSSR count). The third kappa shape index (κ3) is 2.92.